The van der Waals surface area contributed by atoms with Gasteiger partial charge in [-0.25, -0.2) is 13.4 Å². The van der Waals surface area contributed by atoms with Gasteiger partial charge in [-0.15, -0.1) is 0 Å². The molecule has 0 aliphatic carbocycles. The maximum Gasteiger partial charge on any atom is 0.187 e. The number of rotatable bonds is 6. The van der Waals surface area contributed by atoms with Crippen LogP contribution in [0.4, 0.5) is 5.13 Å². The van der Waals surface area contributed by atoms with Crippen LogP contribution in [0.25, 0.3) is 0 Å². The molecule has 0 radical (unpaired) electrons. The molecular weight excluding hydrogens is 332 g/mol. The summed E-state index contributed by atoms with van der Waals surface area (Å²) in [4.78, 5) is 7.07. The Morgan fingerprint density at radius 1 is 1.52 bits per heavy atom. The van der Waals surface area contributed by atoms with Crippen molar-refractivity contribution in [3.05, 3.63) is 10.6 Å². The van der Waals surface area contributed by atoms with Crippen molar-refractivity contribution in [2.24, 2.45) is 0 Å². The minimum Gasteiger partial charge on any atom is -0.391 e. The van der Waals surface area contributed by atoms with Gasteiger partial charge in [0, 0.05) is 30.9 Å². The van der Waals surface area contributed by atoms with Crippen LogP contribution in [-0.2, 0) is 27.8 Å². The highest BCUT2D eigenvalue weighted by atomic mass is 32.2. The van der Waals surface area contributed by atoms with Crippen molar-refractivity contribution in [3.63, 3.8) is 0 Å². The number of nitrogens with zero attached hydrogens (tertiary/aromatic N) is 2. The fourth-order valence-corrected chi connectivity index (χ4v) is 6.19. The molecule has 0 spiro atoms. The Kier molecular flexibility index (Phi) is 5.89. The van der Waals surface area contributed by atoms with Crippen molar-refractivity contribution in [3.8, 4) is 0 Å². The van der Waals surface area contributed by atoms with Gasteiger partial charge in [0.2, 0.25) is 0 Å². The van der Waals surface area contributed by atoms with E-state index in [1.807, 2.05) is 4.90 Å². The van der Waals surface area contributed by atoms with Crippen LogP contribution in [0.1, 0.15) is 17.5 Å². The lowest BCUT2D eigenvalue weighted by atomic mass is 10.4. The number of ether oxygens (including phenoxy) is 1. The van der Waals surface area contributed by atoms with Crippen LogP contribution >= 0.6 is 23.1 Å². The summed E-state index contributed by atoms with van der Waals surface area (Å²) in [7, 11) is -1.59. The average molecular weight is 353 g/mol. The number of hydrogen-bond donors (Lipinski definition) is 1. The first-order valence-electron chi connectivity index (χ1n) is 6.67. The number of anilines is 1. The average Bonchev–Trinajstić information content (AvgIpc) is 2.90. The molecule has 2 heterocycles. The Hall–Kier alpha value is -0.350. The third-order valence-corrected chi connectivity index (χ3v) is 7.75. The molecule has 6 nitrogen and oxygen atoms in total. The van der Waals surface area contributed by atoms with Crippen molar-refractivity contribution < 1.29 is 18.3 Å². The van der Waals surface area contributed by atoms with Crippen LogP contribution in [0, 0.1) is 0 Å². The highest BCUT2D eigenvalue weighted by Gasteiger charge is 2.34. The Labute approximate surface area is 133 Å². The van der Waals surface area contributed by atoms with Gasteiger partial charge in [0.15, 0.2) is 15.0 Å². The number of aliphatic hydroxyl groups is 1. The molecule has 1 atom stereocenters. The summed E-state index contributed by atoms with van der Waals surface area (Å²) in [6.45, 7) is 2.54. The van der Waals surface area contributed by atoms with Gasteiger partial charge in [-0.2, -0.15) is 11.8 Å². The normalized spacial score (nSPS) is 20.0. The molecule has 0 aromatic carbocycles. The molecule has 1 aromatic heterocycles. The zero-order chi connectivity index (χ0) is 15.5. The SMILES string of the molecule is CCS(=O)(=O)C1CSCCN1c1nc(COC)c(CO)s1. The van der Waals surface area contributed by atoms with E-state index in [4.69, 9.17) is 4.74 Å². The second-order valence-electron chi connectivity index (χ2n) is 4.63. The Morgan fingerprint density at radius 3 is 2.90 bits per heavy atom. The zero-order valence-corrected chi connectivity index (χ0v) is 14.6. The largest absolute Gasteiger partial charge is 0.391 e. The highest BCUT2D eigenvalue weighted by molar-refractivity contribution is 8.01. The number of methoxy groups -OCH3 is 1. The minimum absolute atomic E-state index is 0.107. The maximum absolute atomic E-state index is 12.3. The van der Waals surface area contributed by atoms with Crippen LogP contribution in [0.5, 0.6) is 0 Å². The summed E-state index contributed by atoms with van der Waals surface area (Å²) in [5.74, 6) is 1.56. The Bertz CT molecular complexity index is 573. The summed E-state index contributed by atoms with van der Waals surface area (Å²) in [5, 5.41) is 9.53. The summed E-state index contributed by atoms with van der Waals surface area (Å²) in [6.07, 6.45) is 0. The van der Waals surface area contributed by atoms with Crippen LogP contribution in [0.15, 0.2) is 0 Å². The van der Waals surface area contributed by atoms with Crippen molar-refractivity contribution in [1.29, 1.82) is 0 Å². The number of thioether (sulfide) groups is 1. The van der Waals surface area contributed by atoms with Gasteiger partial charge in [-0.1, -0.05) is 18.3 Å². The lowest BCUT2D eigenvalue weighted by Gasteiger charge is -2.34. The molecule has 1 aromatic rings. The number of hydrogen-bond acceptors (Lipinski definition) is 8. The summed E-state index contributed by atoms with van der Waals surface area (Å²) in [6, 6.07) is 0. The van der Waals surface area contributed by atoms with E-state index in [1.54, 1.807) is 25.8 Å². The molecule has 1 aliphatic heterocycles. The molecule has 0 saturated carbocycles. The van der Waals surface area contributed by atoms with Crippen LogP contribution in [0.3, 0.4) is 0 Å². The number of aliphatic hydroxyl groups excluding tert-OH is 1. The molecule has 21 heavy (non-hydrogen) atoms. The van der Waals surface area contributed by atoms with Crippen molar-refractivity contribution in [2.45, 2.75) is 25.5 Å². The van der Waals surface area contributed by atoms with Gasteiger partial charge >= 0.3 is 0 Å². The van der Waals surface area contributed by atoms with E-state index in [0.29, 0.717) is 29.7 Å². The van der Waals surface area contributed by atoms with Crippen molar-refractivity contribution >= 4 is 38.1 Å². The van der Waals surface area contributed by atoms with Crippen molar-refractivity contribution in [1.82, 2.24) is 4.98 Å². The van der Waals surface area contributed by atoms with Crippen LogP contribution in [-0.4, -0.2) is 54.8 Å². The fourth-order valence-electron chi connectivity index (χ4n) is 2.16. The van der Waals surface area contributed by atoms with Gasteiger partial charge in [-0.05, 0) is 0 Å². The summed E-state index contributed by atoms with van der Waals surface area (Å²) in [5.41, 5.74) is 0.686. The molecule has 1 aliphatic rings. The predicted molar refractivity (Wildman–Crippen MR) is 86.7 cm³/mol. The quantitative estimate of drug-likeness (QED) is 0.821. The molecule has 1 saturated heterocycles. The minimum atomic E-state index is -3.16. The van der Waals surface area contributed by atoms with E-state index in [1.165, 1.54) is 11.3 Å². The van der Waals surface area contributed by atoms with E-state index >= 15 is 0 Å². The number of sulfone groups is 1. The molecule has 1 N–H and O–H groups in total. The third kappa shape index (κ3) is 3.70. The van der Waals surface area contributed by atoms with E-state index in [0.717, 1.165) is 10.6 Å². The lowest BCUT2D eigenvalue weighted by Crippen LogP contribution is -2.48. The highest BCUT2D eigenvalue weighted by Crippen LogP contribution is 2.32. The predicted octanol–water partition coefficient (Wildman–Crippen LogP) is 1.10. The molecular formula is C12H20N2O4S3. The van der Waals surface area contributed by atoms with E-state index < -0.39 is 15.2 Å². The third-order valence-electron chi connectivity index (χ3n) is 3.34. The van der Waals surface area contributed by atoms with Crippen molar-refractivity contribution in [2.75, 3.05) is 35.8 Å². The van der Waals surface area contributed by atoms with Gasteiger partial charge in [0.25, 0.3) is 0 Å². The molecule has 0 bridgehead atoms. The second-order valence-corrected chi connectivity index (χ2v) is 9.29. The number of aromatic nitrogens is 1. The molecule has 1 unspecified atom stereocenters. The van der Waals surface area contributed by atoms with Crippen LogP contribution in [0.2, 0.25) is 0 Å². The lowest BCUT2D eigenvalue weighted by molar-refractivity contribution is 0.179. The molecule has 1 fully saturated rings. The Morgan fingerprint density at radius 2 is 2.29 bits per heavy atom. The monoisotopic (exact) mass is 352 g/mol. The Balaban J connectivity index is 2.33. The molecule has 0 amide bonds. The first kappa shape index (κ1) is 17.0. The first-order chi connectivity index (χ1) is 10.0. The maximum atomic E-state index is 12.3. The zero-order valence-electron chi connectivity index (χ0n) is 12.1. The van der Waals surface area contributed by atoms with Gasteiger partial charge in [-0.3, -0.25) is 0 Å². The summed E-state index contributed by atoms with van der Waals surface area (Å²) >= 11 is 3.00. The topological polar surface area (TPSA) is 79.7 Å². The fraction of sp³-hybridized carbons (Fsp3) is 0.750. The van der Waals surface area contributed by atoms with E-state index in [-0.39, 0.29) is 12.4 Å². The molecule has 120 valence electrons. The van der Waals surface area contributed by atoms with E-state index in [2.05, 4.69) is 4.98 Å². The van der Waals surface area contributed by atoms with E-state index in [9.17, 15) is 13.5 Å². The summed E-state index contributed by atoms with van der Waals surface area (Å²) < 4.78 is 29.6. The first-order valence-corrected chi connectivity index (χ1v) is 10.4. The molecule has 2 rings (SSSR count). The van der Waals surface area contributed by atoms with Gasteiger partial charge in [0.05, 0.1) is 23.8 Å². The standard InChI is InChI=1S/C12H20N2O4S3/c1-3-21(16,17)11-8-19-5-4-14(11)12-13-9(7-18-2)10(6-15)20-12/h11,15H,3-8H2,1-2H3. The number of thiazole rings is 1. The van der Waals surface area contributed by atoms with Crippen LogP contribution < -0.4 is 4.90 Å². The van der Waals surface area contributed by atoms with Gasteiger partial charge in [0.1, 0.15) is 5.37 Å². The smallest absolute Gasteiger partial charge is 0.187 e. The second kappa shape index (κ2) is 7.28. The van der Waals surface area contributed by atoms with Gasteiger partial charge < -0.3 is 14.7 Å². The molecule has 9 heteroatoms.